The van der Waals surface area contributed by atoms with Crippen molar-refractivity contribution in [3.05, 3.63) is 52.9 Å². The molecular weight excluding hydrogens is 288 g/mol. The lowest BCUT2D eigenvalue weighted by molar-refractivity contribution is 0.0951. The van der Waals surface area contributed by atoms with Crippen LogP contribution in [0.3, 0.4) is 0 Å². The highest BCUT2D eigenvalue weighted by Gasteiger charge is 2.09. The molecule has 21 heavy (non-hydrogen) atoms. The lowest BCUT2D eigenvalue weighted by atomic mass is 10.2. The Morgan fingerprint density at radius 2 is 2.05 bits per heavy atom. The largest absolute Gasteiger partial charge is 0.370 e. The molecule has 0 radical (unpaired) electrons. The molecule has 0 bridgehead atoms. The molecule has 0 saturated heterocycles. The van der Waals surface area contributed by atoms with E-state index in [0.717, 1.165) is 18.5 Å². The van der Waals surface area contributed by atoms with E-state index in [1.54, 1.807) is 24.5 Å². The number of rotatable bonds is 6. The summed E-state index contributed by atoms with van der Waals surface area (Å²) in [5.74, 6) is 0.425. The van der Waals surface area contributed by atoms with Crippen molar-refractivity contribution in [1.29, 1.82) is 0 Å². The molecule has 0 atom stereocenters. The van der Waals surface area contributed by atoms with Gasteiger partial charge in [0.1, 0.15) is 11.0 Å². The summed E-state index contributed by atoms with van der Waals surface area (Å²) in [6.45, 7) is 3.28. The second kappa shape index (κ2) is 7.59. The molecule has 110 valence electrons. The Morgan fingerprint density at radius 1 is 1.29 bits per heavy atom. The van der Waals surface area contributed by atoms with Gasteiger partial charge in [-0.05, 0) is 36.2 Å². The van der Waals surface area contributed by atoms with Crippen LogP contribution in [-0.4, -0.2) is 22.4 Å². The monoisotopic (exact) mass is 304 g/mol. The van der Waals surface area contributed by atoms with Crippen LogP contribution in [-0.2, 0) is 6.54 Å². The third-order valence-corrected chi connectivity index (χ3v) is 3.01. The molecule has 0 saturated carbocycles. The van der Waals surface area contributed by atoms with E-state index in [-0.39, 0.29) is 5.91 Å². The summed E-state index contributed by atoms with van der Waals surface area (Å²) in [4.78, 5) is 20.2. The van der Waals surface area contributed by atoms with Crippen LogP contribution in [0.5, 0.6) is 0 Å². The summed E-state index contributed by atoms with van der Waals surface area (Å²) in [5, 5.41) is 6.26. The molecule has 1 amide bonds. The molecule has 6 heteroatoms. The van der Waals surface area contributed by atoms with Crippen molar-refractivity contribution in [3.63, 3.8) is 0 Å². The van der Waals surface area contributed by atoms with Crippen LogP contribution >= 0.6 is 11.6 Å². The molecule has 2 aromatic rings. The molecule has 2 aromatic heterocycles. The zero-order valence-electron chi connectivity index (χ0n) is 11.8. The van der Waals surface area contributed by atoms with Gasteiger partial charge >= 0.3 is 0 Å². The normalized spacial score (nSPS) is 10.2. The van der Waals surface area contributed by atoms with E-state index < -0.39 is 0 Å². The standard InChI is InChI=1S/C15H17ClN4O/c1-2-5-18-14-9-12(8-13(16)20-14)15(21)19-10-11-3-6-17-7-4-11/h3-4,6-9H,2,5,10H2,1H3,(H,18,20)(H,19,21). The van der Waals surface area contributed by atoms with E-state index in [4.69, 9.17) is 11.6 Å². The van der Waals surface area contributed by atoms with Gasteiger partial charge in [0.05, 0.1) is 0 Å². The third kappa shape index (κ3) is 4.72. The van der Waals surface area contributed by atoms with Gasteiger partial charge in [-0.3, -0.25) is 9.78 Å². The maximum absolute atomic E-state index is 12.2. The molecule has 0 fully saturated rings. The number of hydrogen-bond acceptors (Lipinski definition) is 4. The second-order valence-electron chi connectivity index (χ2n) is 4.53. The number of hydrogen-bond donors (Lipinski definition) is 2. The molecule has 0 aromatic carbocycles. The fraction of sp³-hybridized carbons (Fsp3) is 0.267. The summed E-state index contributed by atoms with van der Waals surface area (Å²) in [5.41, 5.74) is 1.48. The number of anilines is 1. The molecule has 5 nitrogen and oxygen atoms in total. The number of nitrogens with one attached hydrogen (secondary N) is 2. The SMILES string of the molecule is CCCNc1cc(C(=O)NCc2ccncc2)cc(Cl)n1. The minimum absolute atomic E-state index is 0.185. The quantitative estimate of drug-likeness (QED) is 0.805. The average Bonchev–Trinajstić information content (AvgIpc) is 2.51. The molecular formula is C15H17ClN4O. The maximum Gasteiger partial charge on any atom is 0.251 e. The minimum atomic E-state index is -0.185. The Morgan fingerprint density at radius 3 is 2.76 bits per heavy atom. The van der Waals surface area contributed by atoms with Crippen LogP contribution in [0.15, 0.2) is 36.7 Å². The van der Waals surface area contributed by atoms with Gasteiger partial charge in [-0.1, -0.05) is 18.5 Å². The highest BCUT2D eigenvalue weighted by atomic mass is 35.5. The lowest BCUT2D eigenvalue weighted by Gasteiger charge is -2.08. The zero-order valence-corrected chi connectivity index (χ0v) is 12.5. The topological polar surface area (TPSA) is 66.9 Å². The second-order valence-corrected chi connectivity index (χ2v) is 4.92. The molecule has 0 spiro atoms. The molecule has 2 N–H and O–H groups in total. The van der Waals surface area contributed by atoms with Crippen LogP contribution in [0.1, 0.15) is 29.3 Å². The summed E-state index contributed by atoms with van der Waals surface area (Å²) in [7, 11) is 0. The van der Waals surface area contributed by atoms with Gasteiger partial charge in [0.15, 0.2) is 0 Å². The molecule has 2 heterocycles. The van der Waals surface area contributed by atoms with Gasteiger partial charge < -0.3 is 10.6 Å². The smallest absolute Gasteiger partial charge is 0.251 e. The predicted octanol–water partition coefficient (Wildman–Crippen LogP) is 2.88. The van der Waals surface area contributed by atoms with Crippen LogP contribution in [0.2, 0.25) is 5.15 Å². The first kappa shape index (κ1) is 15.3. The number of amides is 1. The van der Waals surface area contributed by atoms with Crippen molar-refractivity contribution in [2.45, 2.75) is 19.9 Å². The molecule has 2 rings (SSSR count). The van der Waals surface area contributed by atoms with Crippen LogP contribution in [0.25, 0.3) is 0 Å². The Hall–Kier alpha value is -2.14. The first-order valence-electron chi connectivity index (χ1n) is 6.77. The van der Waals surface area contributed by atoms with E-state index in [0.29, 0.717) is 23.1 Å². The van der Waals surface area contributed by atoms with Gasteiger partial charge in [0.25, 0.3) is 5.91 Å². The number of nitrogens with zero attached hydrogens (tertiary/aromatic N) is 2. The van der Waals surface area contributed by atoms with E-state index in [9.17, 15) is 4.79 Å². The van der Waals surface area contributed by atoms with Crippen LogP contribution in [0.4, 0.5) is 5.82 Å². The zero-order chi connectivity index (χ0) is 15.1. The predicted molar refractivity (Wildman–Crippen MR) is 83.4 cm³/mol. The van der Waals surface area contributed by atoms with E-state index in [1.165, 1.54) is 0 Å². The van der Waals surface area contributed by atoms with E-state index in [2.05, 4.69) is 27.5 Å². The highest BCUT2D eigenvalue weighted by molar-refractivity contribution is 6.29. The number of carbonyl (C=O) groups excluding carboxylic acids is 1. The Labute approximate surface area is 128 Å². The number of carbonyl (C=O) groups is 1. The highest BCUT2D eigenvalue weighted by Crippen LogP contribution is 2.14. The summed E-state index contributed by atoms with van der Waals surface area (Å²) >= 11 is 5.95. The fourth-order valence-electron chi connectivity index (χ4n) is 1.76. The molecule has 0 aliphatic carbocycles. The van der Waals surface area contributed by atoms with Crippen LogP contribution < -0.4 is 10.6 Å². The Balaban J connectivity index is 2.03. The fourth-order valence-corrected chi connectivity index (χ4v) is 1.97. The molecule has 0 unspecified atom stereocenters. The van der Waals surface area contributed by atoms with Crippen molar-refractivity contribution < 1.29 is 4.79 Å². The lowest BCUT2D eigenvalue weighted by Crippen LogP contribution is -2.23. The van der Waals surface area contributed by atoms with Crippen LogP contribution in [0, 0.1) is 0 Å². The Bertz CT molecular complexity index is 604. The molecule has 0 aliphatic rings. The minimum Gasteiger partial charge on any atom is -0.370 e. The maximum atomic E-state index is 12.2. The Kier molecular flexibility index (Phi) is 5.51. The first-order chi connectivity index (χ1) is 10.2. The number of halogens is 1. The van der Waals surface area contributed by atoms with E-state index in [1.807, 2.05) is 12.1 Å². The number of pyridine rings is 2. The van der Waals surface area contributed by atoms with Gasteiger partial charge in [-0.2, -0.15) is 0 Å². The van der Waals surface area contributed by atoms with Gasteiger partial charge in [-0.15, -0.1) is 0 Å². The van der Waals surface area contributed by atoms with Crippen molar-refractivity contribution >= 4 is 23.3 Å². The number of aromatic nitrogens is 2. The van der Waals surface area contributed by atoms with Gasteiger partial charge in [0, 0.05) is 31.0 Å². The average molecular weight is 305 g/mol. The first-order valence-corrected chi connectivity index (χ1v) is 7.15. The summed E-state index contributed by atoms with van der Waals surface area (Å²) in [6.07, 6.45) is 4.35. The summed E-state index contributed by atoms with van der Waals surface area (Å²) < 4.78 is 0. The van der Waals surface area contributed by atoms with Crippen molar-refractivity contribution in [2.24, 2.45) is 0 Å². The van der Waals surface area contributed by atoms with Crippen molar-refractivity contribution in [2.75, 3.05) is 11.9 Å². The van der Waals surface area contributed by atoms with E-state index >= 15 is 0 Å². The van der Waals surface area contributed by atoms with Crippen molar-refractivity contribution in [3.8, 4) is 0 Å². The van der Waals surface area contributed by atoms with Crippen molar-refractivity contribution in [1.82, 2.24) is 15.3 Å². The van der Waals surface area contributed by atoms with Gasteiger partial charge in [0.2, 0.25) is 0 Å². The summed E-state index contributed by atoms with van der Waals surface area (Å²) in [6, 6.07) is 6.96. The third-order valence-electron chi connectivity index (χ3n) is 2.81. The van der Waals surface area contributed by atoms with Gasteiger partial charge in [-0.25, -0.2) is 4.98 Å². The molecule has 0 aliphatic heterocycles.